The molecule has 2 aliphatic heterocycles. The molecule has 8 nitrogen and oxygen atoms in total. The van der Waals surface area contributed by atoms with Gasteiger partial charge in [0.25, 0.3) is 5.91 Å². The van der Waals surface area contributed by atoms with Gasteiger partial charge in [-0.25, -0.2) is 4.98 Å². The summed E-state index contributed by atoms with van der Waals surface area (Å²) in [4.78, 5) is 24.4. The summed E-state index contributed by atoms with van der Waals surface area (Å²) >= 11 is 0. The van der Waals surface area contributed by atoms with Crippen LogP contribution in [0.15, 0.2) is 49.2 Å². The lowest BCUT2D eigenvalue weighted by Crippen LogP contribution is -2.56. The minimum atomic E-state index is -0.0111. The molecule has 1 saturated carbocycles. The molecule has 0 radical (unpaired) electrons. The smallest absolute Gasteiger partial charge is 0.251 e. The minimum Gasteiger partial charge on any atom is -0.377 e. The summed E-state index contributed by atoms with van der Waals surface area (Å²) in [7, 11) is 0. The number of pyridine rings is 1. The second kappa shape index (κ2) is 9.43. The maximum Gasteiger partial charge on any atom is 0.251 e. The summed E-state index contributed by atoms with van der Waals surface area (Å²) in [5, 5.41) is 6.54. The van der Waals surface area contributed by atoms with Crippen molar-refractivity contribution in [3.8, 4) is 16.9 Å². The van der Waals surface area contributed by atoms with Gasteiger partial charge in [0.2, 0.25) is 0 Å². The fourth-order valence-corrected chi connectivity index (χ4v) is 5.03. The lowest BCUT2D eigenvalue weighted by molar-refractivity contribution is 0.00363. The number of benzene rings is 1. The van der Waals surface area contributed by atoms with E-state index in [0.29, 0.717) is 23.7 Å². The summed E-state index contributed by atoms with van der Waals surface area (Å²) in [5.41, 5.74) is 5.69. The Morgan fingerprint density at radius 3 is 2.69 bits per heavy atom. The van der Waals surface area contributed by atoms with Crippen LogP contribution in [0.2, 0.25) is 0 Å². The second-order valence-electron chi connectivity index (χ2n) is 9.92. The highest BCUT2D eigenvalue weighted by Gasteiger charge is 2.33. The van der Waals surface area contributed by atoms with Gasteiger partial charge in [0.1, 0.15) is 0 Å². The van der Waals surface area contributed by atoms with E-state index in [1.54, 1.807) is 0 Å². The van der Waals surface area contributed by atoms with E-state index in [-0.39, 0.29) is 5.91 Å². The van der Waals surface area contributed by atoms with Crippen LogP contribution in [-0.2, 0) is 4.74 Å². The first-order chi connectivity index (χ1) is 17.2. The van der Waals surface area contributed by atoms with Crippen molar-refractivity contribution >= 4 is 11.6 Å². The number of carbonyl (C=O) groups is 1. The third-order valence-corrected chi connectivity index (χ3v) is 7.29. The molecule has 1 aliphatic carbocycles. The molecule has 0 bridgehead atoms. The largest absolute Gasteiger partial charge is 0.377 e. The standard InChI is InChI=1S/C27H32N6O2/c1-18-2-3-19(27(34)31-20-4-5-20)10-25(18)26-14-32(17-30-26)22-11-23(13-29-12-22)33(24-15-35-16-24)21-6-8-28-9-7-21/h2-3,10-14,17,20-21,24,28H,4-9,15-16H2,1H3,(H,31,34). The normalized spacial score (nSPS) is 18.8. The molecular weight excluding hydrogens is 440 g/mol. The number of nitrogens with one attached hydrogen (secondary N) is 2. The number of nitrogens with zero attached hydrogens (tertiary/aromatic N) is 4. The molecule has 0 spiro atoms. The van der Waals surface area contributed by atoms with E-state index >= 15 is 0 Å². The molecule has 182 valence electrons. The number of ether oxygens (including phenoxy) is 1. The number of piperidine rings is 1. The predicted molar refractivity (Wildman–Crippen MR) is 135 cm³/mol. The number of aryl methyl sites for hydroxylation is 1. The SMILES string of the molecule is Cc1ccc(C(=O)NC2CC2)cc1-c1cn(-c2cncc(N(C3CCNCC3)C3COC3)c2)cn1. The molecule has 4 heterocycles. The van der Waals surface area contributed by atoms with Gasteiger partial charge in [-0.1, -0.05) is 6.07 Å². The predicted octanol–water partition coefficient (Wildman–Crippen LogP) is 3.09. The number of imidazole rings is 1. The van der Waals surface area contributed by atoms with Crippen molar-refractivity contribution < 1.29 is 9.53 Å². The number of anilines is 1. The Hall–Kier alpha value is -3.23. The zero-order valence-electron chi connectivity index (χ0n) is 20.1. The van der Waals surface area contributed by atoms with Crippen LogP contribution in [0.5, 0.6) is 0 Å². The third-order valence-electron chi connectivity index (χ3n) is 7.29. The van der Waals surface area contributed by atoms with Crippen LogP contribution >= 0.6 is 0 Å². The van der Waals surface area contributed by atoms with Crippen LogP contribution in [0.1, 0.15) is 41.6 Å². The van der Waals surface area contributed by atoms with E-state index in [4.69, 9.17) is 4.74 Å². The highest BCUT2D eigenvalue weighted by atomic mass is 16.5. The first-order valence-electron chi connectivity index (χ1n) is 12.6. The molecule has 1 aromatic carbocycles. The Bertz CT molecular complexity index is 1210. The summed E-state index contributed by atoms with van der Waals surface area (Å²) in [6.07, 6.45) is 12.1. The van der Waals surface area contributed by atoms with Crippen molar-refractivity contribution in [2.75, 3.05) is 31.2 Å². The Labute approximate surface area is 205 Å². The Balaban J connectivity index is 1.27. The zero-order valence-corrected chi connectivity index (χ0v) is 20.1. The van der Waals surface area contributed by atoms with Crippen LogP contribution in [0, 0.1) is 6.92 Å². The monoisotopic (exact) mass is 472 g/mol. The van der Waals surface area contributed by atoms with Crippen LogP contribution in [0.3, 0.4) is 0 Å². The van der Waals surface area contributed by atoms with Crippen LogP contribution < -0.4 is 15.5 Å². The van der Waals surface area contributed by atoms with Gasteiger partial charge < -0.3 is 24.8 Å². The molecule has 35 heavy (non-hydrogen) atoms. The first kappa shape index (κ1) is 22.2. The van der Waals surface area contributed by atoms with Crippen molar-refractivity contribution in [3.05, 3.63) is 60.3 Å². The number of hydrogen-bond acceptors (Lipinski definition) is 6. The highest BCUT2D eigenvalue weighted by Crippen LogP contribution is 2.30. The molecule has 0 atom stereocenters. The number of amides is 1. The highest BCUT2D eigenvalue weighted by molar-refractivity contribution is 5.96. The van der Waals surface area contributed by atoms with Crippen molar-refractivity contribution in [1.82, 2.24) is 25.2 Å². The Kier molecular flexibility index (Phi) is 6.00. The maximum absolute atomic E-state index is 12.6. The summed E-state index contributed by atoms with van der Waals surface area (Å²) < 4.78 is 7.55. The van der Waals surface area contributed by atoms with Gasteiger partial charge in [-0.15, -0.1) is 0 Å². The van der Waals surface area contributed by atoms with Crippen LogP contribution in [-0.4, -0.2) is 64.9 Å². The van der Waals surface area contributed by atoms with E-state index in [9.17, 15) is 4.79 Å². The zero-order chi connectivity index (χ0) is 23.8. The molecule has 3 aliphatic rings. The van der Waals surface area contributed by atoms with Crippen molar-refractivity contribution in [2.45, 2.75) is 50.7 Å². The van der Waals surface area contributed by atoms with E-state index in [0.717, 1.165) is 80.2 Å². The van der Waals surface area contributed by atoms with Gasteiger partial charge in [-0.05, 0) is 69.5 Å². The quantitative estimate of drug-likeness (QED) is 0.550. The van der Waals surface area contributed by atoms with Gasteiger partial charge in [0.05, 0.1) is 55.0 Å². The molecule has 8 heteroatoms. The number of rotatable bonds is 7. The van der Waals surface area contributed by atoms with Crippen molar-refractivity contribution in [3.63, 3.8) is 0 Å². The van der Waals surface area contributed by atoms with E-state index in [1.165, 1.54) is 0 Å². The minimum absolute atomic E-state index is 0.0111. The van der Waals surface area contributed by atoms with E-state index < -0.39 is 0 Å². The number of carbonyl (C=O) groups excluding carboxylic acids is 1. The fourth-order valence-electron chi connectivity index (χ4n) is 5.03. The fraction of sp³-hybridized carbons (Fsp3) is 0.444. The van der Waals surface area contributed by atoms with E-state index in [1.807, 2.05) is 47.7 Å². The molecule has 3 aromatic rings. The van der Waals surface area contributed by atoms with Crippen LogP contribution in [0.4, 0.5) is 5.69 Å². The van der Waals surface area contributed by atoms with Gasteiger partial charge in [0.15, 0.2) is 0 Å². The van der Waals surface area contributed by atoms with Gasteiger partial charge in [0, 0.05) is 29.4 Å². The Morgan fingerprint density at radius 2 is 1.94 bits per heavy atom. The second-order valence-corrected chi connectivity index (χ2v) is 9.92. The Morgan fingerprint density at radius 1 is 1.11 bits per heavy atom. The van der Waals surface area contributed by atoms with E-state index in [2.05, 4.69) is 38.5 Å². The molecule has 0 unspecified atom stereocenters. The summed E-state index contributed by atoms with van der Waals surface area (Å²) in [6, 6.07) is 9.27. The first-order valence-corrected chi connectivity index (χ1v) is 12.6. The van der Waals surface area contributed by atoms with Crippen molar-refractivity contribution in [2.24, 2.45) is 0 Å². The molecule has 2 saturated heterocycles. The lowest BCUT2D eigenvalue weighted by atomic mass is 10.0. The van der Waals surface area contributed by atoms with Gasteiger partial charge in [-0.2, -0.15) is 0 Å². The summed E-state index contributed by atoms with van der Waals surface area (Å²) in [5.74, 6) is -0.0111. The molecule has 6 rings (SSSR count). The van der Waals surface area contributed by atoms with Crippen molar-refractivity contribution in [1.29, 1.82) is 0 Å². The lowest BCUT2D eigenvalue weighted by Gasteiger charge is -2.45. The average molecular weight is 473 g/mol. The molecule has 1 amide bonds. The molecule has 3 fully saturated rings. The topological polar surface area (TPSA) is 84.3 Å². The molecule has 2 N–H and O–H groups in total. The van der Waals surface area contributed by atoms with Gasteiger partial charge >= 0.3 is 0 Å². The third kappa shape index (κ3) is 4.68. The number of aromatic nitrogens is 3. The molecular formula is C27H32N6O2. The van der Waals surface area contributed by atoms with Gasteiger partial charge in [-0.3, -0.25) is 9.78 Å². The molecule has 2 aromatic heterocycles. The number of hydrogen-bond donors (Lipinski definition) is 2. The average Bonchev–Trinajstić information content (AvgIpc) is 3.53. The maximum atomic E-state index is 12.6. The van der Waals surface area contributed by atoms with Crippen LogP contribution in [0.25, 0.3) is 16.9 Å². The summed E-state index contributed by atoms with van der Waals surface area (Å²) in [6.45, 7) is 5.69.